The topological polar surface area (TPSA) is 58.5 Å². The molecule has 0 aliphatic heterocycles. The molecule has 0 fully saturated rings. The molecule has 132 valence electrons. The molecule has 0 aliphatic rings. The average Bonchev–Trinajstić information content (AvgIpc) is 3.06. The van der Waals surface area contributed by atoms with Crippen molar-refractivity contribution in [3.8, 4) is 5.75 Å². The number of aliphatic imine (C=N–C) groups is 1. The van der Waals surface area contributed by atoms with Gasteiger partial charge < -0.3 is 15.4 Å². The van der Waals surface area contributed by atoms with Crippen molar-refractivity contribution in [1.29, 1.82) is 0 Å². The molecular formula is C17H25IN4OS. The maximum atomic E-state index is 5.64. The molecule has 5 nitrogen and oxygen atoms in total. The largest absolute Gasteiger partial charge is 0.492 e. The van der Waals surface area contributed by atoms with Gasteiger partial charge in [0.1, 0.15) is 12.4 Å². The molecule has 0 amide bonds. The Morgan fingerprint density at radius 2 is 1.96 bits per heavy atom. The van der Waals surface area contributed by atoms with Crippen LogP contribution in [0.4, 0.5) is 0 Å². The molecule has 0 radical (unpaired) electrons. The van der Waals surface area contributed by atoms with E-state index in [1.54, 1.807) is 18.4 Å². The molecule has 0 spiro atoms. The zero-order valence-corrected chi connectivity index (χ0v) is 17.3. The van der Waals surface area contributed by atoms with Gasteiger partial charge in [0.2, 0.25) is 0 Å². The molecule has 0 atom stereocenters. The normalized spacial score (nSPS) is 10.8. The number of nitrogens with zero attached hydrogens (tertiary/aromatic N) is 2. The van der Waals surface area contributed by atoms with Crippen molar-refractivity contribution >= 4 is 41.3 Å². The van der Waals surface area contributed by atoms with Crippen molar-refractivity contribution in [3.63, 3.8) is 0 Å². The average molecular weight is 460 g/mol. The van der Waals surface area contributed by atoms with Gasteiger partial charge in [-0.05, 0) is 18.6 Å². The highest BCUT2D eigenvalue weighted by Gasteiger charge is 2.02. The fourth-order valence-corrected chi connectivity index (χ4v) is 2.85. The smallest absolute Gasteiger partial charge is 0.191 e. The number of aryl methyl sites for hydroxylation is 1. The Hall–Kier alpha value is -1.35. The molecule has 1 aromatic carbocycles. The second-order valence-electron chi connectivity index (χ2n) is 4.91. The first-order valence-electron chi connectivity index (χ1n) is 7.87. The predicted octanol–water partition coefficient (Wildman–Crippen LogP) is 3.11. The van der Waals surface area contributed by atoms with E-state index in [1.165, 1.54) is 4.88 Å². The summed E-state index contributed by atoms with van der Waals surface area (Å²) in [5, 5.41) is 7.70. The van der Waals surface area contributed by atoms with Gasteiger partial charge in [0.15, 0.2) is 5.96 Å². The molecule has 1 heterocycles. The first-order valence-corrected chi connectivity index (χ1v) is 8.69. The maximum absolute atomic E-state index is 5.64. The van der Waals surface area contributed by atoms with Gasteiger partial charge in [-0.3, -0.25) is 4.99 Å². The summed E-state index contributed by atoms with van der Waals surface area (Å²) in [4.78, 5) is 9.96. The van der Waals surface area contributed by atoms with Crippen molar-refractivity contribution in [1.82, 2.24) is 15.6 Å². The summed E-state index contributed by atoms with van der Waals surface area (Å²) in [7, 11) is 1.77. The first kappa shape index (κ1) is 20.7. The Kier molecular flexibility index (Phi) is 10.4. The lowest BCUT2D eigenvalue weighted by molar-refractivity contribution is 0.322. The highest BCUT2D eigenvalue weighted by Crippen LogP contribution is 2.13. The monoisotopic (exact) mass is 460 g/mol. The van der Waals surface area contributed by atoms with E-state index in [0.29, 0.717) is 13.2 Å². The minimum atomic E-state index is 0. The van der Waals surface area contributed by atoms with E-state index in [9.17, 15) is 0 Å². The van der Waals surface area contributed by atoms with E-state index in [2.05, 4.69) is 27.5 Å². The molecule has 0 saturated heterocycles. The Morgan fingerprint density at radius 1 is 1.21 bits per heavy atom. The number of ether oxygens (including phenoxy) is 1. The third kappa shape index (κ3) is 7.48. The zero-order chi connectivity index (χ0) is 16.3. The number of para-hydroxylation sites is 1. The van der Waals surface area contributed by atoms with E-state index >= 15 is 0 Å². The molecule has 0 aliphatic carbocycles. The number of nitrogens with one attached hydrogen (secondary N) is 2. The van der Waals surface area contributed by atoms with Crippen LogP contribution in [0.2, 0.25) is 0 Å². The molecule has 7 heteroatoms. The number of aromatic nitrogens is 1. The molecule has 0 unspecified atom stereocenters. The standard InChI is InChI=1S/C17H24N4OS.HI/c1-3-15-13-21-16(23-15)9-10-19-17(18-2)20-11-12-22-14-7-5-4-6-8-14;/h4-8,13H,3,9-12H2,1-2H3,(H2,18,19,20);1H. The summed E-state index contributed by atoms with van der Waals surface area (Å²) in [6.07, 6.45) is 3.93. The lowest BCUT2D eigenvalue weighted by Gasteiger charge is -2.12. The highest BCUT2D eigenvalue weighted by atomic mass is 127. The molecule has 0 saturated carbocycles. The third-order valence-electron chi connectivity index (χ3n) is 3.21. The van der Waals surface area contributed by atoms with Crippen LogP contribution in [0.5, 0.6) is 5.75 Å². The summed E-state index contributed by atoms with van der Waals surface area (Å²) in [5.41, 5.74) is 0. The van der Waals surface area contributed by atoms with Crippen molar-refractivity contribution in [3.05, 3.63) is 46.4 Å². The fraction of sp³-hybridized carbons (Fsp3) is 0.412. The number of guanidine groups is 1. The Bertz CT molecular complexity index is 604. The number of hydrogen-bond donors (Lipinski definition) is 2. The van der Waals surface area contributed by atoms with Crippen LogP contribution in [0.15, 0.2) is 41.5 Å². The van der Waals surface area contributed by atoms with Crippen LogP contribution in [0.3, 0.4) is 0 Å². The second-order valence-corrected chi connectivity index (χ2v) is 6.11. The fourth-order valence-electron chi connectivity index (χ4n) is 1.99. The number of hydrogen-bond acceptors (Lipinski definition) is 4. The summed E-state index contributed by atoms with van der Waals surface area (Å²) < 4.78 is 5.64. The van der Waals surface area contributed by atoms with Crippen LogP contribution in [-0.2, 0) is 12.8 Å². The molecule has 1 aromatic heterocycles. The number of thiazole rings is 1. The summed E-state index contributed by atoms with van der Waals surface area (Å²) in [6.45, 7) is 4.26. The lowest BCUT2D eigenvalue weighted by atomic mass is 10.3. The van der Waals surface area contributed by atoms with Crippen LogP contribution < -0.4 is 15.4 Å². The molecular weight excluding hydrogens is 435 g/mol. The van der Waals surface area contributed by atoms with E-state index < -0.39 is 0 Å². The number of halogens is 1. The lowest BCUT2D eigenvalue weighted by Crippen LogP contribution is -2.40. The van der Waals surface area contributed by atoms with Crippen LogP contribution in [0, 0.1) is 0 Å². The zero-order valence-electron chi connectivity index (χ0n) is 14.1. The Labute approximate surface area is 165 Å². The maximum Gasteiger partial charge on any atom is 0.191 e. The van der Waals surface area contributed by atoms with Gasteiger partial charge in [-0.25, -0.2) is 4.98 Å². The molecule has 24 heavy (non-hydrogen) atoms. The van der Waals surface area contributed by atoms with Gasteiger partial charge >= 0.3 is 0 Å². The molecule has 2 aromatic rings. The van der Waals surface area contributed by atoms with Gasteiger partial charge in [0, 0.05) is 31.1 Å². The number of rotatable bonds is 8. The van der Waals surface area contributed by atoms with Crippen LogP contribution >= 0.6 is 35.3 Å². The minimum absolute atomic E-state index is 0. The van der Waals surface area contributed by atoms with Gasteiger partial charge in [0.05, 0.1) is 11.6 Å². The van der Waals surface area contributed by atoms with E-state index in [-0.39, 0.29) is 24.0 Å². The first-order chi connectivity index (χ1) is 11.3. The van der Waals surface area contributed by atoms with Crippen LogP contribution in [0.1, 0.15) is 16.8 Å². The summed E-state index contributed by atoms with van der Waals surface area (Å²) >= 11 is 1.78. The third-order valence-corrected chi connectivity index (χ3v) is 4.41. The summed E-state index contributed by atoms with van der Waals surface area (Å²) in [5.74, 6) is 1.67. The highest BCUT2D eigenvalue weighted by molar-refractivity contribution is 14.0. The quantitative estimate of drug-likeness (QED) is 0.275. The summed E-state index contributed by atoms with van der Waals surface area (Å²) in [6, 6.07) is 9.80. The van der Waals surface area contributed by atoms with Gasteiger partial charge in [-0.1, -0.05) is 25.1 Å². The van der Waals surface area contributed by atoms with Crippen LogP contribution in [-0.4, -0.2) is 37.7 Å². The van der Waals surface area contributed by atoms with Crippen molar-refractivity contribution in [2.24, 2.45) is 4.99 Å². The van der Waals surface area contributed by atoms with Crippen molar-refractivity contribution < 1.29 is 4.74 Å². The Morgan fingerprint density at radius 3 is 2.62 bits per heavy atom. The van der Waals surface area contributed by atoms with E-state index in [1.807, 2.05) is 36.5 Å². The van der Waals surface area contributed by atoms with Crippen molar-refractivity contribution in [2.75, 3.05) is 26.7 Å². The Balaban J connectivity index is 0.00000288. The molecule has 2 rings (SSSR count). The predicted molar refractivity (Wildman–Crippen MR) is 112 cm³/mol. The molecule has 0 bridgehead atoms. The SMILES string of the molecule is CCc1cnc(CCNC(=NC)NCCOc2ccccc2)s1.I. The van der Waals surface area contributed by atoms with Crippen LogP contribution in [0.25, 0.3) is 0 Å². The molecule has 2 N–H and O–H groups in total. The van der Waals surface area contributed by atoms with Gasteiger partial charge in [0.25, 0.3) is 0 Å². The minimum Gasteiger partial charge on any atom is -0.492 e. The van der Waals surface area contributed by atoms with E-state index in [0.717, 1.165) is 36.1 Å². The van der Waals surface area contributed by atoms with Gasteiger partial charge in [-0.15, -0.1) is 35.3 Å². The van der Waals surface area contributed by atoms with E-state index in [4.69, 9.17) is 4.74 Å². The number of benzene rings is 1. The second kappa shape index (κ2) is 12.1. The van der Waals surface area contributed by atoms with Crippen molar-refractivity contribution in [2.45, 2.75) is 19.8 Å². The van der Waals surface area contributed by atoms with Gasteiger partial charge in [-0.2, -0.15) is 0 Å².